The molecule has 0 aromatic rings. The smallest absolute Gasteiger partial charge is 0.323 e. The minimum Gasteiger partial charge on any atom is -0.480 e. The zero-order valence-corrected chi connectivity index (χ0v) is 8.77. The Kier molecular flexibility index (Phi) is 5.14. The number of aliphatic carboxylic acids is 1. The number of rotatable bonds is 5. The van der Waals surface area contributed by atoms with E-state index in [9.17, 15) is 14.4 Å². The predicted octanol–water partition coefficient (Wildman–Crippen LogP) is -1.07. The van der Waals surface area contributed by atoms with E-state index in [4.69, 9.17) is 10.8 Å². The van der Waals surface area contributed by atoms with Crippen LogP contribution in [0.5, 0.6) is 0 Å². The summed E-state index contributed by atoms with van der Waals surface area (Å²) in [6.07, 6.45) is 0. The third-order valence-corrected chi connectivity index (χ3v) is 1.70. The second-order valence-corrected chi connectivity index (χ2v) is 3.01. The fourth-order valence-electron chi connectivity index (χ4n) is 1.01. The maximum Gasteiger partial charge on any atom is 0.323 e. The number of hydrogen-bond acceptors (Lipinski definition) is 3. The summed E-state index contributed by atoms with van der Waals surface area (Å²) in [6.45, 7) is 1.36. The molecule has 7 nitrogen and oxygen atoms in total. The molecule has 0 saturated heterocycles. The number of nitrogens with zero attached hydrogens (tertiary/aromatic N) is 2. The highest BCUT2D eigenvalue weighted by Crippen LogP contribution is 1.96. The van der Waals surface area contributed by atoms with Crippen LogP contribution in [-0.2, 0) is 9.59 Å². The second-order valence-electron chi connectivity index (χ2n) is 3.01. The first-order chi connectivity index (χ1) is 6.88. The van der Waals surface area contributed by atoms with Crippen molar-refractivity contribution in [2.45, 2.75) is 6.92 Å². The van der Waals surface area contributed by atoms with E-state index in [1.807, 2.05) is 0 Å². The number of primary amides is 1. The normalized spacial score (nSPS) is 9.47. The lowest BCUT2D eigenvalue weighted by atomic mass is 10.4. The van der Waals surface area contributed by atoms with Crippen LogP contribution >= 0.6 is 0 Å². The topological polar surface area (TPSA) is 104 Å². The molecular formula is C8H15N3O4. The zero-order valence-electron chi connectivity index (χ0n) is 8.77. The molecular weight excluding hydrogens is 202 g/mol. The fourth-order valence-corrected chi connectivity index (χ4v) is 1.01. The van der Waals surface area contributed by atoms with Gasteiger partial charge in [-0.25, -0.2) is 4.79 Å². The van der Waals surface area contributed by atoms with Crippen LogP contribution in [-0.4, -0.2) is 59.5 Å². The summed E-state index contributed by atoms with van der Waals surface area (Å²) in [6, 6.07) is -0.529. The SMILES string of the molecule is CCN(CC(N)=O)C(=O)N(C)CC(=O)O. The van der Waals surface area contributed by atoms with Crippen LogP contribution in [0.1, 0.15) is 6.92 Å². The Morgan fingerprint density at radius 3 is 2.13 bits per heavy atom. The van der Waals surface area contributed by atoms with Crippen LogP contribution < -0.4 is 5.73 Å². The van der Waals surface area contributed by atoms with Crippen molar-refractivity contribution in [3.63, 3.8) is 0 Å². The van der Waals surface area contributed by atoms with Gasteiger partial charge in [-0.1, -0.05) is 0 Å². The second kappa shape index (κ2) is 5.84. The molecule has 86 valence electrons. The molecule has 0 atom stereocenters. The monoisotopic (exact) mass is 217 g/mol. The lowest BCUT2D eigenvalue weighted by Crippen LogP contribution is -2.46. The molecule has 0 aliphatic rings. The number of urea groups is 1. The molecule has 0 aromatic heterocycles. The average Bonchev–Trinajstić information content (AvgIpc) is 2.11. The minimum absolute atomic E-state index is 0.209. The lowest BCUT2D eigenvalue weighted by Gasteiger charge is -2.24. The molecule has 0 aliphatic carbocycles. The van der Waals surface area contributed by atoms with Gasteiger partial charge >= 0.3 is 12.0 Å². The van der Waals surface area contributed by atoms with Gasteiger partial charge in [-0.15, -0.1) is 0 Å². The van der Waals surface area contributed by atoms with Crippen LogP contribution in [0.2, 0.25) is 0 Å². The molecule has 0 fully saturated rings. The third kappa shape index (κ3) is 4.84. The highest BCUT2D eigenvalue weighted by atomic mass is 16.4. The van der Waals surface area contributed by atoms with Crippen molar-refractivity contribution in [1.82, 2.24) is 9.80 Å². The molecule has 0 rings (SSSR count). The molecule has 15 heavy (non-hydrogen) atoms. The van der Waals surface area contributed by atoms with E-state index < -0.39 is 24.5 Å². The van der Waals surface area contributed by atoms with Gasteiger partial charge in [0.15, 0.2) is 0 Å². The van der Waals surface area contributed by atoms with Crippen LogP contribution in [0.4, 0.5) is 4.79 Å². The van der Waals surface area contributed by atoms with E-state index in [2.05, 4.69) is 0 Å². The molecule has 0 aromatic carbocycles. The van der Waals surface area contributed by atoms with Gasteiger partial charge in [0.05, 0.1) is 0 Å². The molecule has 7 heteroatoms. The van der Waals surface area contributed by atoms with E-state index >= 15 is 0 Å². The Morgan fingerprint density at radius 2 is 1.80 bits per heavy atom. The third-order valence-electron chi connectivity index (χ3n) is 1.70. The highest BCUT2D eigenvalue weighted by Gasteiger charge is 2.19. The molecule has 0 aliphatic heterocycles. The van der Waals surface area contributed by atoms with Crippen molar-refractivity contribution in [3.05, 3.63) is 0 Å². The van der Waals surface area contributed by atoms with E-state index in [-0.39, 0.29) is 6.54 Å². The van der Waals surface area contributed by atoms with Crippen molar-refractivity contribution >= 4 is 17.9 Å². The maximum absolute atomic E-state index is 11.5. The van der Waals surface area contributed by atoms with Gasteiger partial charge in [0.1, 0.15) is 13.1 Å². The Morgan fingerprint density at radius 1 is 1.27 bits per heavy atom. The number of likely N-dealkylation sites (N-methyl/N-ethyl adjacent to an activating group) is 2. The fraction of sp³-hybridized carbons (Fsp3) is 0.625. The maximum atomic E-state index is 11.5. The van der Waals surface area contributed by atoms with Gasteiger partial charge in [0.25, 0.3) is 0 Å². The summed E-state index contributed by atoms with van der Waals surface area (Å²) in [4.78, 5) is 34.7. The van der Waals surface area contributed by atoms with Gasteiger partial charge in [-0.3, -0.25) is 9.59 Å². The summed E-state index contributed by atoms with van der Waals surface area (Å²) in [5, 5.41) is 8.47. The summed E-state index contributed by atoms with van der Waals surface area (Å²) in [5.41, 5.74) is 4.94. The highest BCUT2D eigenvalue weighted by molar-refractivity contribution is 5.84. The van der Waals surface area contributed by atoms with E-state index in [0.717, 1.165) is 4.90 Å². The first-order valence-electron chi connectivity index (χ1n) is 4.38. The molecule has 0 heterocycles. The summed E-state index contributed by atoms with van der Waals surface area (Å²) in [7, 11) is 1.35. The van der Waals surface area contributed by atoms with E-state index in [1.54, 1.807) is 6.92 Å². The van der Waals surface area contributed by atoms with Gasteiger partial charge in [0.2, 0.25) is 5.91 Å². The van der Waals surface area contributed by atoms with Crippen molar-refractivity contribution in [1.29, 1.82) is 0 Å². The van der Waals surface area contributed by atoms with Crippen molar-refractivity contribution < 1.29 is 19.5 Å². The Bertz CT molecular complexity index is 267. The molecule has 0 bridgehead atoms. The van der Waals surface area contributed by atoms with E-state index in [0.29, 0.717) is 6.54 Å². The largest absolute Gasteiger partial charge is 0.480 e. The van der Waals surface area contributed by atoms with Crippen LogP contribution in [0.3, 0.4) is 0 Å². The number of nitrogens with two attached hydrogens (primary N) is 1. The van der Waals surface area contributed by atoms with Crippen LogP contribution in [0.25, 0.3) is 0 Å². The Hall–Kier alpha value is -1.79. The number of amides is 3. The predicted molar refractivity (Wildman–Crippen MR) is 52.1 cm³/mol. The van der Waals surface area contributed by atoms with Crippen LogP contribution in [0.15, 0.2) is 0 Å². The average molecular weight is 217 g/mol. The number of carbonyl (C=O) groups excluding carboxylic acids is 2. The summed E-state index contributed by atoms with van der Waals surface area (Å²) >= 11 is 0. The number of carbonyl (C=O) groups is 3. The first-order valence-corrected chi connectivity index (χ1v) is 4.38. The summed E-state index contributed by atoms with van der Waals surface area (Å²) < 4.78 is 0. The number of carboxylic acids is 1. The van der Waals surface area contributed by atoms with Crippen molar-refractivity contribution in [2.75, 3.05) is 26.7 Å². The standard InChI is InChI=1S/C8H15N3O4/c1-3-11(4-6(9)12)8(15)10(2)5-7(13)14/h3-5H2,1-2H3,(H2,9,12)(H,13,14). The molecule has 0 spiro atoms. The Labute approximate surface area is 87.4 Å². The lowest BCUT2D eigenvalue weighted by molar-refractivity contribution is -0.137. The van der Waals surface area contributed by atoms with Gasteiger partial charge in [-0.05, 0) is 6.92 Å². The molecule has 3 N–H and O–H groups in total. The van der Waals surface area contributed by atoms with Gasteiger partial charge in [0, 0.05) is 13.6 Å². The molecule has 0 radical (unpaired) electrons. The molecule has 3 amide bonds. The zero-order chi connectivity index (χ0) is 12.0. The molecule has 0 unspecified atom stereocenters. The minimum atomic E-state index is -1.11. The van der Waals surface area contributed by atoms with Crippen molar-refractivity contribution in [2.24, 2.45) is 5.73 Å². The first kappa shape index (κ1) is 13.2. The van der Waals surface area contributed by atoms with Crippen molar-refractivity contribution in [3.8, 4) is 0 Å². The Balaban J connectivity index is 4.36. The van der Waals surface area contributed by atoms with Crippen LogP contribution in [0, 0.1) is 0 Å². The summed E-state index contributed by atoms with van der Waals surface area (Å²) in [5.74, 6) is -1.74. The van der Waals surface area contributed by atoms with E-state index in [1.165, 1.54) is 11.9 Å². The van der Waals surface area contributed by atoms with Gasteiger partial charge < -0.3 is 20.6 Å². The quantitative estimate of drug-likeness (QED) is 0.611. The number of carboxylic acid groups (broad SMARTS) is 1. The van der Waals surface area contributed by atoms with Gasteiger partial charge in [-0.2, -0.15) is 0 Å². The molecule has 0 saturated carbocycles. The number of hydrogen-bond donors (Lipinski definition) is 2.